The van der Waals surface area contributed by atoms with Crippen LogP contribution < -0.4 is 0 Å². The second-order valence-electron chi connectivity index (χ2n) is 5.96. The lowest BCUT2D eigenvalue weighted by Gasteiger charge is -2.27. The van der Waals surface area contributed by atoms with Gasteiger partial charge in [-0.05, 0) is 55.8 Å². The van der Waals surface area contributed by atoms with Crippen LogP contribution in [0.4, 0.5) is 0 Å². The summed E-state index contributed by atoms with van der Waals surface area (Å²) in [4.78, 5) is 0. The van der Waals surface area contributed by atoms with E-state index in [2.05, 4.69) is 6.92 Å². The zero-order valence-electron chi connectivity index (χ0n) is 9.21. The van der Waals surface area contributed by atoms with E-state index in [-0.39, 0.29) is 5.60 Å². The third-order valence-corrected chi connectivity index (χ3v) is 5.14. The van der Waals surface area contributed by atoms with Crippen molar-refractivity contribution in [3.05, 3.63) is 0 Å². The highest BCUT2D eigenvalue weighted by Crippen LogP contribution is 2.62. The normalized spacial score (nSPS) is 55.3. The molecule has 3 aliphatic carbocycles. The average Bonchev–Trinajstić information content (AvgIpc) is 2.60. The van der Waals surface area contributed by atoms with Gasteiger partial charge in [0.25, 0.3) is 0 Å². The van der Waals surface area contributed by atoms with Gasteiger partial charge in [-0.25, -0.2) is 0 Å². The third kappa shape index (κ3) is 1.18. The molecule has 3 saturated carbocycles. The fourth-order valence-electron chi connectivity index (χ4n) is 4.35. The van der Waals surface area contributed by atoms with Gasteiger partial charge in [0, 0.05) is 0 Å². The second-order valence-corrected chi connectivity index (χ2v) is 5.96. The molecule has 0 spiro atoms. The monoisotopic (exact) mass is 194 g/mol. The van der Waals surface area contributed by atoms with Crippen LogP contribution in [0, 0.1) is 23.7 Å². The molecule has 3 fully saturated rings. The molecule has 5 atom stereocenters. The largest absolute Gasteiger partial charge is 0.389 e. The summed E-state index contributed by atoms with van der Waals surface area (Å²) < 4.78 is 0. The van der Waals surface area contributed by atoms with Crippen LogP contribution in [0.5, 0.6) is 0 Å². The van der Waals surface area contributed by atoms with Crippen molar-refractivity contribution in [2.24, 2.45) is 23.7 Å². The van der Waals surface area contributed by atoms with Crippen LogP contribution in [-0.4, -0.2) is 10.7 Å². The van der Waals surface area contributed by atoms with Gasteiger partial charge in [-0.3, -0.25) is 0 Å². The van der Waals surface area contributed by atoms with Crippen molar-refractivity contribution in [1.82, 2.24) is 0 Å². The Morgan fingerprint density at radius 1 is 1.29 bits per heavy atom. The number of hydrogen-bond acceptors (Lipinski definition) is 1. The second kappa shape index (κ2) is 2.98. The summed E-state index contributed by atoms with van der Waals surface area (Å²) in [7, 11) is 0. The molecule has 3 rings (SSSR count). The van der Waals surface area contributed by atoms with Gasteiger partial charge in [0.2, 0.25) is 0 Å². The molecule has 5 unspecified atom stereocenters. The van der Waals surface area contributed by atoms with Gasteiger partial charge in [0.05, 0.1) is 5.60 Å². The lowest BCUT2D eigenvalue weighted by molar-refractivity contribution is 0.0346. The molecule has 80 valence electrons. The number of aliphatic hydroxyl groups is 1. The standard InChI is InChI=1S/C13H22O/c1-2-3-11-8-13(11,14)12-7-9-4-5-10(12)6-9/h9-12,14H,2-8H2,1H3. The van der Waals surface area contributed by atoms with E-state index in [4.69, 9.17) is 0 Å². The quantitative estimate of drug-likeness (QED) is 0.732. The molecule has 0 aromatic heterocycles. The van der Waals surface area contributed by atoms with E-state index in [1.54, 1.807) is 0 Å². The smallest absolute Gasteiger partial charge is 0.0711 e. The molecule has 1 nitrogen and oxygen atoms in total. The van der Waals surface area contributed by atoms with Crippen molar-refractivity contribution < 1.29 is 5.11 Å². The van der Waals surface area contributed by atoms with E-state index in [1.165, 1.54) is 38.5 Å². The van der Waals surface area contributed by atoms with E-state index in [0.29, 0.717) is 11.8 Å². The summed E-state index contributed by atoms with van der Waals surface area (Å²) in [5, 5.41) is 10.5. The van der Waals surface area contributed by atoms with Crippen molar-refractivity contribution in [1.29, 1.82) is 0 Å². The highest BCUT2D eigenvalue weighted by molar-refractivity contribution is 5.12. The molecule has 3 aliphatic rings. The fourth-order valence-corrected chi connectivity index (χ4v) is 4.35. The molecule has 0 saturated heterocycles. The minimum absolute atomic E-state index is 0.199. The van der Waals surface area contributed by atoms with Gasteiger partial charge < -0.3 is 5.11 Å². The first-order chi connectivity index (χ1) is 6.74. The Morgan fingerprint density at radius 2 is 2.14 bits per heavy atom. The summed E-state index contributed by atoms with van der Waals surface area (Å²) in [5.41, 5.74) is -0.199. The van der Waals surface area contributed by atoms with Crippen molar-refractivity contribution in [3.63, 3.8) is 0 Å². The predicted octanol–water partition coefficient (Wildman–Crippen LogP) is 2.97. The number of rotatable bonds is 3. The third-order valence-electron chi connectivity index (χ3n) is 5.14. The van der Waals surface area contributed by atoms with Gasteiger partial charge in [-0.15, -0.1) is 0 Å². The first kappa shape index (κ1) is 9.21. The Bertz CT molecular complexity index is 237. The Kier molecular flexibility index (Phi) is 1.96. The van der Waals surface area contributed by atoms with Gasteiger partial charge in [0.1, 0.15) is 0 Å². The lowest BCUT2D eigenvalue weighted by Crippen LogP contribution is -2.29. The molecular weight excluding hydrogens is 172 g/mol. The Labute approximate surface area is 86.9 Å². The lowest BCUT2D eigenvalue weighted by atomic mass is 9.82. The molecule has 0 aromatic rings. The SMILES string of the molecule is CCCC1CC1(O)C1CC2CCC1C2. The Morgan fingerprint density at radius 3 is 2.71 bits per heavy atom. The molecule has 0 heterocycles. The number of fused-ring (bicyclic) bond motifs is 2. The number of hydrogen-bond donors (Lipinski definition) is 1. The summed E-state index contributed by atoms with van der Waals surface area (Å²) in [6.45, 7) is 2.24. The summed E-state index contributed by atoms with van der Waals surface area (Å²) in [6, 6.07) is 0. The van der Waals surface area contributed by atoms with Gasteiger partial charge >= 0.3 is 0 Å². The molecular formula is C13H22O. The minimum atomic E-state index is -0.199. The summed E-state index contributed by atoms with van der Waals surface area (Å²) in [6.07, 6.45) is 9.27. The zero-order valence-corrected chi connectivity index (χ0v) is 9.21. The van der Waals surface area contributed by atoms with Crippen LogP contribution in [0.25, 0.3) is 0 Å². The van der Waals surface area contributed by atoms with Gasteiger partial charge in [-0.2, -0.15) is 0 Å². The molecule has 1 N–H and O–H groups in total. The topological polar surface area (TPSA) is 20.2 Å². The van der Waals surface area contributed by atoms with E-state index in [0.717, 1.165) is 18.3 Å². The molecule has 0 aliphatic heterocycles. The Hall–Kier alpha value is -0.0400. The molecule has 0 aromatic carbocycles. The first-order valence-electron chi connectivity index (χ1n) is 6.46. The maximum atomic E-state index is 10.5. The van der Waals surface area contributed by atoms with Crippen LogP contribution in [0.1, 0.15) is 51.9 Å². The molecule has 14 heavy (non-hydrogen) atoms. The van der Waals surface area contributed by atoms with E-state index in [9.17, 15) is 5.11 Å². The van der Waals surface area contributed by atoms with Crippen LogP contribution in [0.15, 0.2) is 0 Å². The van der Waals surface area contributed by atoms with Crippen LogP contribution in [-0.2, 0) is 0 Å². The summed E-state index contributed by atoms with van der Waals surface area (Å²) in [5.74, 6) is 3.23. The van der Waals surface area contributed by atoms with Crippen LogP contribution >= 0.6 is 0 Å². The van der Waals surface area contributed by atoms with Crippen LogP contribution in [0.2, 0.25) is 0 Å². The predicted molar refractivity (Wildman–Crippen MR) is 56.9 cm³/mol. The highest BCUT2D eigenvalue weighted by atomic mass is 16.3. The van der Waals surface area contributed by atoms with Crippen molar-refractivity contribution in [2.75, 3.05) is 0 Å². The molecule has 1 heteroatoms. The average molecular weight is 194 g/mol. The minimum Gasteiger partial charge on any atom is -0.389 e. The fraction of sp³-hybridized carbons (Fsp3) is 1.00. The maximum Gasteiger partial charge on any atom is 0.0711 e. The van der Waals surface area contributed by atoms with Gasteiger partial charge in [0.15, 0.2) is 0 Å². The van der Waals surface area contributed by atoms with E-state index >= 15 is 0 Å². The highest BCUT2D eigenvalue weighted by Gasteiger charge is 2.61. The van der Waals surface area contributed by atoms with Crippen molar-refractivity contribution in [2.45, 2.75) is 57.5 Å². The Balaban J connectivity index is 1.67. The van der Waals surface area contributed by atoms with Gasteiger partial charge in [-0.1, -0.05) is 19.8 Å². The van der Waals surface area contributed by atoms with Crippen LogP contribution in [0.3, 0.4) is 0 Å². The van der Waals surface area contributed by atoms with Crippen molar-refractivity contribution in [3.8, 4) is 0 Å². The maximum absolute atomic E-state index is 10.5. The molecule has 0 amide bonds. The summed E-state index contributed by atoms with van der Waals surface area (Å²) >= 11 is 0. The first-order valence-corrected chi connectivity index (χ1v) is 6.46. The molecule has 2 bridgehead atoms. The zero-order chi connectivity index (χ0) is 9.76. The van der Waals surface area contributed by atoms with E-state index in [1.807, 2.05) is 0 Å². The molecule has 0 radical (unpaired) electrons. The van der Waals surface area contributed by atoms with E-state index < -0.39 is 0 Å². The van der Waals surface area contributed by atoms with Crippen molar-refractivity contribution >= 4 is 0 Å².